The Morgan fingerprint density at radius 3 is 1.89 bits per heavy atom. The molecule has 0 fully saturated rings. The van der Waals surface area contributed by atoms with Crippen molar-refractivity contribution in [3.05, 3.63) is 156 Å². The van der Waals surface area contributed by atoms with Gasteiger partial charge >= 0.3 is 0 Å². The van der Waals surface area contributed by atoms with Crippen LogP contribution in [-0.2, 0) is 0 Å². The minimum Gasteiger partial charge on any atom is -0.496 e. The molecule has 0 saturated carbocycles. The van der Waals surface area contributed by atoms with Crippen LogP contribution in [0.1, 0.15) is 61.8 Å². The quantitative estimate of drug-likeness (QED) is 0.125. The molecule has 0 amide bonds. The second-order valence-corrected chi connectivity index (χ2v) is 12.0. The van der Waals surface area contributed by atoms with Gasteiger partial charge in [0.15, 0.2) is 0 Å². The highest BCUT2D eigenvalue weighted by molar-refractivity contribution is 6.13. The molecule has 6 aromatic rings. The predicted octanol–water partition coefficient (Wildman–Crippen LogP) is 10.3. The summed E-state index contributed by atoms with van der Waals surface area (Å²) in [4.78, 5) is 5.29. The molecule has 0 spiro atoms. The molecule has 0 aliphatic heterocycles. The Morgan fingerprint density at radius 1 is 0.696 bits per heavy atom. The first-order chi connectivity index (χ1) is 22.4. The van der Waals surface area contributed by atoms with E-state index in [9.17, 15) is 0 Å². The van der Waals surface area contributed by atoms with Crippen molar-refractivity contribution in [3.8, 4) is 34.1 Å². The van der Waals surface area contributed by atoms with Crippen molar-refractivity contribution >= 4 is 11.4 Å². The molecule has 230 valence electrons. The monoisotopic (exact) mass is 604 g/mol. The molecule has 6 rings (SSSR count). The van der Waals surface area contributed by atoms with E-state index in [1.165, 1.54) is 16.8 Å². The smallest absolute Gasteiger partial charge is 0.149 e. The van der Waals surface area contributed by atoms with Crippen LogP contribution in [0, 0.1) is 0 Å². The van der Waals surface area contributed by atoms with E-state index in [2.05, 4.69) is 105 Å². The number of imidazole rings is 1. The molecule has 5 heteroatoms. The van der Waals surface area contributed by atoms with Crippen LogP contribution < -0.4 is 10.2 Å². The molecule has 0 aliphatic rings. The largest absolute Gasteiger partial charge is 0.496 e. The summed E-state index contributed by atoms with van der Waals surface area (Å²) in [6.07, 6.45) is 2.16. The highest BCUT2D eigenvalue weighted by Gasteiger charge is 2.22. The fourth-order valence-electron chi connectivity index (χ4n) is 5.86. The summed E-state index contributed by atoms with van der Waals surface area (Å²) in [5, 5.41) is 4.90. The number of para-hydroxylation sites is 2. The third-order valence-electron chi connectivity index (χ3n) is 8.19. The Labute approximate surface area is 272 Å². The zero-order valence-corrected chi connectivity index (χ0v) is 27.1. The van der Waals surface area contributed by atoms with Gasteiger partial charge in [-0.2, -0.15) is 5.10 Å². The number of hydrogen-bond donors (Lipinski definition) is 1. The fourth-order valence-corrected chi connectivity index (χ4v) is 5.86. The maximum atomic E-state index is 5.83. The molecule has 1 heterocycles. The van der Waals surface area contributed by atoms with E-state index in [0.29, 0.717) is 11.8 Å². The zero-order valence-electron chi connectivity index (χ0n) is 27.1. The van der Waals surface area contributed by atoms with Gasteiger partial charge in [0.25, 0.3) is 0 Å². The number of hydrogen-bond acceptors (Lipinski definition) is 4. The first kappa shape index (κ1) is 30.6. The Bertz CT molecular complexity index is 1890. The molecule has 0 saturated heterocycles. The molecule has 0 bridgehead atoms. The van der Waals surface area contributed by atoms with Crippen molar-refractivity contribution in [2.24, 2.45) is 5.10 Å². The number of hydrazone groups is 1. The summed E-state index contributed by atoms with van der Waals surface area (Å²) in [5.41, 5.74) is 13.7. The van der Waals surface area contributed by atoms with E-state index < -0.39 is 0 Å². The molecule has 0 aliphatic carbocycles. The molecular formula is C41H40N4O. The Kier molecular flexibility index (Phi) is 9.11. The van der Waals surface area contributed by atoms with Gasteiger partial charge in [0.1, 0.15) is 11.6 Å². The lowest BCUT2D eigenvalue weighted by molar-refractivity contribution is 0.416. The number of nitrogens with one attached hydrogen (secondary N) is 1. The minimum absolute atomic E-state index is 0.332. The topological polar surface area (TPSA) is 51.4 Å². The van der Waals surface area contributed by atoms with Crippen LogP contribution >= 0.6 is 0 Å². The number of ether oxygens (including phenoxy) is 1. The van der Waals surface area contributed by atoms with Crippen LogP contribution in [0.4, 0.5) is 5.69 Å². The van der Waals surface area contributed by atoms with Crippen LogP contribution in [0.2, 0.25) is 0 Å². The molecule has 1 aromatic heterocycles. The van der Waals surface area contributed by atoms with Crippen LogP contribution in [0.25, 0.3) is 28.3 Å². The summed E-state index contributed by atoms with van der Waals surface area (Å²) in [7, 11) is 1.71. The Hall–Kier alpha value is -5.42. The van der Waals surface area contributed by atoms with Crippen LogP contribution in [-0.4, -0.2) is 22.4 Å². The molecule has 5 aromatic carbocycles. The number of methoxy groups -OCH3 is 1. The van der Waals surface area contributed by atoms with Gasteiger partial charge in [-0.3, -0.25) is 9.99 Å². The Morgan fingerprint density at radius 2 is 1.28 bits per heavy atom. The summed E-state index contributed by atoms with van der Waals surface area (Å²) in [6, 6.07) is 43.5. The molecule has 46 heavy (non-hydrogen) atoms. The maximum Gasteiger partial charge on any atom is 0.149 e. The van der Waals surface area contributed by atoms with Crippen molar-refractivity contribution in [2.45, 2.75) is 39.5 Å². The standard InChI is InChI=1S/C41H40N4O/c1-28(2)34-23-15-24-35(29(3)4)40(34)45-27-37(42-41(45)36-22-12-13-25-38(36)46-5)32-20-14-21-33(26-32)43-44-39(30-16-8-6-9-17-30)31-18-10-7-11-19-31/h6-29,43H,1-5H3. The van der Waals surface area contributed by atoms with Crippen LogP contribution in [0.15, 0.2) is 139 Å². The molecule has 0 radical (unpaired) electrons. The average molecular weight is 605 g/mol. The van der Waals surface area contributed by atoms with Gasteiger partial charge in [0.05, 0.1) is 35.5 Å². The highest BCUT2D eigenvalue weighted by Crippen LogP contribution is 2.38. The van der Waals surface area contributed by atoms with Gasteiger partial charge in [-0.25, -0.2) is 4.98 Å². The maximum absolute atomic E-state index is 5.83. The van der Waals surface area contributed by atoms with E-state index >= 15 is 0 Å². The van der Waals surface area contributed by atoms with Crippen LogP contribution in [0.3, 0.4) is 0 Å². The predicted molar refractivity (Wildman–Crippen MR) is 191 cm³/mol. The van der Waals surface area contributed by atoms with E-state index in [0.717, 1.165) is 50.9 Å². The third-order valence-corrected chi connectivity index (χ3v) is 8.19. The summed E-state index contributed by atoms with van der Waals surface area (Å²) in [6.45, 7) is 8.99. The van der Waals surface area contributed by atoms with Crippen molar-refractivity contribution in [3.63, 3.8) is 0 Å². The number of anilines is 1. The van der Waals surface area contributed by atoms with Gasteiger partial charge in [0, 0.05) is 22.9 Å². The lowest BCUT2D eigenvalue weighted by atomic mass is 9.92. The zero-order chi connectivity index (χ0) is 32.0. The number of rotatable bonds is 10. The Balaban J connectivity index is 1.47. The van der Waals surface area contributed by atoms with Gasteiger partial charge in [-0.15, -0.1) is 0 Å². The molecular weight excluding hydrogens is 564 g/mol. The van der Waals surface area contributed by atoms with Gasteiger partial charge < -0.3 is 4.74 Å². The van der Waals surface area contributed by atoms with Crippen molar-refractivity contribution < 1.29 is 4.74 Å². The van der Waals surface area contributed by atoms with Gasteiger partial charge in [0.2, 0.25) is 0 Å². The van der Waals surface area contributed by atoms with E-state index in [4.69, 9.17) is 14.8 Å². The van der Waals surface area contributed by atoms with Crippen molar-refractivity contribution in [2.75, 3.05) is 12.5 Å². The lowest BCUT2D eigenvalue weighted by Gasteiger charge is -2.22. The van der Waals surface area contributed by atoms with Crippen molar-refractivity contribution in [1.29, 1.82) is 0 Å². The minimum atomic E-state index is 0.332. The first-order valence-corrected chi connectivity index (χ1v) is 15.9. The van der Waals surface area contributed by atoms with E-state index in [-0.39, 0.29) is 0 Å². The number of nitrogens with zero attached hydrogens (tertiary/aromatic N) is 3. The molecule has 5 nitrogen and oxygen atoms in total. The summed E-state index contributed by atoms with van der Waals surface area (Å²) < 4.78 is 8.09. The van der Waals surface area contributed by atoms with E-state index in [1.807, 2.05) is 66.7 Å². The summed E-state index contributed by atoms with van der Waals surface area (Å²) in [5.74, 6) is 2.29. The SMILES string of the molecule is COc1ccccc1-c1nc(-c2cccc(NN=C(c3ccccc3)c3ccccc3)c2)cn1-c1c(C(C)C)cccc1C(C)C. The highest BCUT2D eigenvalue weighted by atomic mass is 16.5. The third kappa shape index (κ3) is 6.36. The van der Waals surface area contributed by atoms with Gasteiger partial charge in [-0.1, -0.05) is 131 Å². The van der Waals surface area contributed by atoms with Crippen molar-refractivity contribution in [1.82, 2.24) is 9.55 Å². The summed E-state index contributed by atoms with van der Waals surface area (Å²) >= 11 is 0. The number of aromatic nitrogens is 2. The molecule has 0 unspecified atom stereocenters. The molecule has 1 N–H and O–H groups in total. The lowest BCUT2D eigenvalue weighted by Crippen LogP contribution is -2.08. The number of benzene rings is 5. The second kappa shape index (κ2) is 13.7. The normalized spacial score (nSPS) is 11.1. The van der Waals surface area contributed by atoms with E-state index in [1.54, 1.807) is 7.11 Å². The first-order valence-electron chi connectivity index (χ1n) is 15.9. The van der Waals surface area contributed by atoms with Crippen LogP contribution in [0.5, 0.6) is 5.75 Å². The second-order valence-electron chi connectivity index (χ2n) is 12.0. The average Bonchev–Trinajstić information content (AvgIpc) is 3.54. The molecule has 0 atom stereocenters. The fraction of sp³-hybridized carbons (Fsp3) is 0.171. The van der Waals surface area contributed by atoms with Gasteiger partial charge in [-0.05, 0) is 47.2 Å².